The number of rotatable bonds is 8. The van der Waals surface area contributed by atoms with Crippen LogP contribution in [0.4, 0.5) is 0 Å². The standard InChI is InChI=1S/C19H25NO5/c1-3-17(21)14-8-10-16(11-9-14)24-12-18(22)25-13(2)19(23)20-15-6-4-5-7-15/h8-11,13,15H,3-7,12H2,1-2H3,(H,20,23)/t13-/m1/s1. The Kier molecular flexibility index (Phi) is 6.98. The molecular weight excluding hydrogens is 322 g/mol. The zero-order valence-electron chi connectivity index (χ0n) is 14.7. The van der Waals surface area contributed by atoms with E-state index in [2.05, 4.69) is 5.32 Å². The summed E-state index contributed by atoms with van der Waals surface area (Å²) in [7, 11) is 0. The van der Waals surface area contributed by atoms with Crippen molar-refractivity contribution in [1.82, 2.24) is 5.32 Å². The summed E-state index contributed by atoms with van der Waals surface area (Å²) < 4.78 is 10.4. The van der Waals surface area contributed by atoms with Crippen LogP contribution in [0.1, 0.15) is 56.3 Å². The van der Waals surface area contributed by atoms with Gasteiger partial charge in [0.05, 0.1) is 0 Å². The van der Waals surface area contributed by atoms with Crippen molar-refractivity contribution in [2.45, 2.75) is 58.1 Å². The summed E-state index contributed by atoms with van der Waals surface area (Å²) in [5, 5.41) is 2.89. The molecule has 0 aliphatic heterocycles. The number of hydrogen-bond acceptors (Lipinski definition) is 5. The number of ketones is 1. The Morgan fingerprint density at radius 1 is 1.16 bits per heavy atom. The molecule has 1 N–H and O–H groups in total. The molecular formula is C19H25NO5. The highest BCUT2D eigenvalue weighted by molar-refractivity contribution is 5.95. The van der Waals surface area contributed by atoms with Crippen molar-refractivity contribution >= 4 is 17.7 Å². The lowest BCUT2D eigenvalue weighted by Crippen LogP contribution is -2.41. The van der Waals surface area contributed by atoms with Gasteiger partial charge in [-0.15, -0.1) is 0 Å². The van der Waals surface area contributed by atoms with Crippen molar-refractivity contribution in [3.8, 4) is 5.75 Å². The summed E-state index contributed by atoms with van der Waals surface area (Å²) in [4.78, 5) is 35.3. The van der Waals surface area contributed by atoms with Crippen molar-refractivity contribution in [2.75, 3.05) is 6.61 Å². The number of nitrogens with one attached hydrogen (secondary N) is 1. The Morgan fingerprint density at radius 2 is 1.80 bits per heavy atom. The first-order chi connectivity index (χ1) is 12.0. The minimum atomic E-state index is -0.846. The van der Waals surface area contributed by atoms with Gasteiger partial charge >= 0.3 is 5.97 Å². The number of carbonyl (C=O) groups is 3. The molecule has 6 heteroatoms. The van der Waals surface area contributed by atoms with Crippen LogP contribution in [0.2, 0.25) is 0 Å². The SMILES string of the molecule is CCC(=O)c1ccc(OCC(=O)O[C@H](C)C(=O)NC2CCCC2)cc1. The first-order valence-electron chi connectivity index (χ1n) is 8.75. The number of ether oxygens (including phenoxy) is 2. The molecule has 136 valence electrons. The first kappa shape index (κ1) is 19.0. The quantitative estimate of drug-likeness (QED) is 0.577. The van der Waals surface area contributed by atoms with E-state index in [1.807, 2.05) is 0 Å². The van der Waals surface area contributed by atoms with Crippen LogP contribution in [0.15, 0.2) is 24.3 Å². The van der Waals surface area contributed by atoms with Gasteiger partial charge in [0.1, 0.15) is 5.75 Å². The molecule has 0 saturated heterocycles. The van der Waals surface area contributed by atoms with Crippen molar-refractivity contribution < 1.29 is 23.9 Å². The molecule has 0 bridgehead atoms. The van der Waals surface area contributed by atoms with E-state index in [1.165, 1.54) is 0 Å². The van der Waals surface area contributed by atoms with E-state index in [0.717, 1.165) is 25.7 Å². The van der Waals surface area contributed by atoms with Gasteiger partial charge in [-0.1, -0.05) is 19.8 Å². The van der Waals surface area contributed by atoms with Crippen LogP contribution < -0.4 is 10.1 Å². The second kappa shape index (κ2) is 9.20. The van der Waals surface area contributed by atoms with Crippen molar-refractivity contribution in [3.63, 3.8) is 0 Å². The minimum Gasteiger partial charge on any atom is -0.482 e. The van der Waals surface area contributed by atoms with Crippen LogP contribution in [0.5, 0.6) is 5.75 Å². The molecule has 6 nitrogen and oxygen atoms in total. The average Bonchev–Trinajstić information content (AvgIpc) is 3.12. The summed E-state index contributed by atoms with van der Waals surface area (Å²) in [6.07, 6.45) is 3.79. The zero-order chi connectivity index (χ0) is 18.2. The van der Waals surface area contributed by atoms with E-state index in [-0.39, 0.29) is 24.3 Å². The van der Waals surface area contributed by atoms with Crippen LogP contribution in [-0.4, -0.2) is 36.4 Å². The molecule has 2 rings (SSSR count). The van der Waals surface area contributed by atoms with E-state index in [4.69, 9.17) is 9.47 Å². The molecule has 1 saturated carbocycles. The molecule has 1 aromatic carbocycles. The number of hydrogen-bond donors (Lipinski definition) is 1. The van der Waals surface area contributed by atoms with Gasteiger partial charge in [0.2, 0.25) is 0 Å². The van der Waals surface area contributed by atoms with Crippen LogP contribution >= 0.6 is 0 Å². The third-order valence-corrected chi connectivity index (χ3v) is 4.23. The fourth-order valence-electron chi connectivity index (χ4n) is 2.76. The average molecular weight is 347 g/mol. The van der Waals surface area contributed by atoms with Crippen molar-refractivity contribution in [1.29, 1.82) is 0 Å². The third-order valence-electron chi connectivity index (χ3n) is 4.23. The number of carbonyl (C=O) groups excluding carboxylic acids is 3. The highest BCUT2D eigenvalue weighted by Gasteiger charge is 2.23. The normalized spacial score (nSPS) is 15.4. The second-order valence-electron chi connectivity index (χ2n) is 6.21. The van der Waals surface area contributed by atoms with E-state index in [0.29, 0.717) is 17.7 Å². The third kappa shape index (κ3) is 5.89. The lowest BCUT2D eigenvalue weighted by molar-refractivity contribution is -0.156. The molecule has 0 spiro atoms. The molecule has 1 aromatic rings. The van der Waals surface area contributed by atoms with E-state index in [9.17, 15) is 14.4 Å². The van der Waals surface area contributed by atoms with E-state index in [1.54, 1.807) is 38.1 Å². The van der Waals surface area contributed by atoms with Gasteiger partial charge in [0.25, 0.3) is 5.91 Å². The van der Waals surface area contributed by atoms with Gasteiger partial charge in [0.15, 0.2) is 18.5 Å². The number of benzene rings is 1. The van der Waals surface area contributed by atoms with Crippen LogP contribution in [0.3, 0.4) is 0 Å². The molecule has 0 radical (unpaired) electrons. The predicted octanol–water partition coefficient (Wildman–Crippen LogP) is 2.65. The molecule has 1 aliphatic rings. The van der Waals surface area contributed by atoms with Gasteiger partial charge in [-0.05, 0) is 44.0 Å². The van der Waals surface area contributed by atoms with Crippen molar-refractivity contribution in [3.05, 3.63) is 29.8 Å². The molecule has 25 heavy (non-hydrogen) atoms. The number of Topliss-reactive ketones (excluding diaryl/α,β-unsaturated/α-hetero) is 1. The lowest BCUT2D eigenvalue weighted by atomic mass is 10.1. The summed E-state index contributed by atoms with van der Waals surface area (Å²) in [6, 6.07) is 6.77. The highest BCUT2D eigenvalue weighted by Crippen LogP contribution is 2.18. The first-order valence-corrected chi connectivity index (χ1v) is 8.75. The maximum atomic E-state index is 12.0. The van der Waals surface area contributed by atoms with Gasteiger partial charge in [-0.3, -0.25) is 9.59 Å². The largest absolute Gasteiger partial charge is 0.482 e. The van der Waals surface area contributed by atoms with Gasteiger partial charge in [-0.25, -0.2) is 4.79 Å². The topological polar surface area (TPSA) is 81.7 Å². The summed E-state index contributed by atoms with van der Waals surface area (Å²) >= 11 is 0. The Hall–Kier alpha value is -2.37. The molecule has 0 aromatic heterocycles. The summed E-state index contributed by atoms with van der Waals surface area (Å²) in [5.74, 6) is -0.369. The second-order valence-corrected chi connectivity index (χ2v) is 6.21. The van der Waals surface area contributed by atoms with E-state index >= 15 is 0 Å². The fourth-order valence-corrected chi connectivity index (χ4v) is 2.76. The molecule has 1 aliphatic carbocycles. The van der Waals surface area contributed by atoms with Crippen molar-refractivity contribution in [2.24, 2.45) is 0 Å². The van der Waals surface area contributed by atoms with Crippen LogP contribution in [0.25, 0.3) is 0 Å². The summed E-state index contributed by atoms with van der Waals surface area (Å²) in [5.41, 5.74) is 0.606. The van der Waals surface area contributed by atoms with Crippen LogP contribution in [-0.2, 0) is 14.3 Å². The molecule has 0 unspecified atom stereocenters. The van der Waals surface area contributed by atoms with E-state index < -0.39 is 12.1 Å². The maximum absolute atomic E-state index is 12.0. The van der Waals surface area contributed by atoms with Crippen LogP contribution in [0, 0.1) is 0 Å². The zero-order valence-corrected chi connectivity index (χ0v) is 14.7. The Morgan fingerprint density at radius 3 is 2.40 bits per heavy atom. The number of esters is 1. The fraction of sp³-hybridized carbons (Fsp3) is 0.526. The summed E-state index contributed by atoms with van der Waals surface area (Å²) in [6.45, 7) is 3.06. The maximum Gasteiger partial charge on any atom is 0.344 e. The lowest BCUT2D eigenvalue weighted by Gasteiger charge is -2.17. The molecule has 1 atom stereocenters. The predicted molar refractivity (Wildman–Crippen MR) is 92.5 cm³/mol. The van der Waals surface area contributed by atoms with Gasteiger partial charge < -0.3 is 14.8 Å². The van der Waals surface area contributed by atoms with Gasteiger partial charge in [0, 0.05) is 18.0 Å². The monoisotopic (exact) mass is 347 g/mol. The molecule has 0 heterocycles. The Balaban J connectivity index is 1.73. The molecule has 1 fully saturated rings. The Bertz CT molecular complexity index is 605. The van der Waals surface area contributed by atoms with Gasteiger partial charge in [-0.2, -0.15) is 0 Å². The smallest absolute Gasteiger partial charge is 0.344 e. The minimum absolute atomic E-state index is 0.0491. The number of amides is 1. The Labute approximate surface area is 147 Å². The molecule has 1 amide bonds. The highest BCUT2D eigenvalue weighted by atomic mass is 16.6.